The maximum Gasteiger partial charge on any atom is 0.123 e. The van der Waals surface area contributed by atoms with Gasteiger partial charge in [-0.2, -0.15) is 0 Å². The Labute approximate surface area is 111 Å². The number of hydrogen-bond acceptors (Lipinski definition) is 2. The summed E-state index contributed by atoms with van der Waals surface area (Å²) in [5.74, 6) is 4.07. The van der Waals surface area contributed by atoms with E-state index in [9.17, 15) is 0 Å². The molecule has 0 saturated carbocycles. The molecule has 18 heavy (non-hydrogen) atoms. The van der Waals surface area contributed by atoms with E-state index in [0.29, 0.717) is 12.5 Å². The fourth-order valence-electron chi connectivity index (χ4n) is 1.82. The maximum atomic E-state index is 5.98. The predicted molar refractivity (Wildman–Crippen MR) is 76.9 cm³/mol. The quantitative estimate of drug-likeness (QED) is 0.588. The molecule has 1 aromatic carbocycles. The molecule has 2 unspecified atom stereocenters. The van der Waals surface area contributed by atoms with Crippen molar-refractivity contribution in [3.63, 3.8) is 0 Å². The minimum Gasteiger partial charge on any atom is -0.489 e. The summed E-state index contributed by atoms with van der Waals surface area (Å²) in [5, 5.41) is 3.16. The number of rotatable bonds is 7. The van der Waals surface area contributed by atoms with Crippen molar-refractivity contribution >= 4 is 0 Å². The molecule has 0 amide bonds. The van der Waals surface area contributed by atoms with Crippen molar-refractivity contribution in [2.24, 2.45) is 0 Å². The summed E-state index contributed by atoms with van der Waals surface area (Å²) in [5.41, 5.74) is 1.28. The summed E-state index contributed by atoms with van der Waals surface area (Å²) < 4.78 is 5.98. The van der Waals surface area contributed by atoms with Gasteiger partial charge in [0.1, 0.15) is 11.9 Å². The predicted octanol–water partition coefficient (Wildman–Crippen LogP) is 3.19. The van der Waals surface area contributed by atoms with Crippen LogP contribution in [0.5, 0.6) is 5.75 Å². The van der Waals surface area contributed by atoms with Crippen LogP contribution in [0.25, 0.3) is 0 Å². The van der Waals surface area contributed by atoms with Crippen LogP contribution in [0.15, 0.2) is 24.3 Å². The first kappa shape index (κ1) is 14.6. The lowest BCUT2D eigenvalue weighted by atomic mass is 9.98. The van der Waals surface area contributed by atoms with E-state index in [1.807, 2.05) is 12.1 Å². The van der Waals surface area contributed by atoms with Crippen LogP contribution >= 0.6 is 0 Å². The molecule has 1 aromatic rings. The number of para-hydroxylation sites is 1. The topological polar surface area (TPSA) is 21.3 Å². The smallest absolute Gasteiger partial charge is 0.123 e. The van der Waals surface area contributed by atoms with Gasteiger partial charge in [-0.15, -0.1) is 6.42 Å². The molecule has 0 saturated heterocycles. The summed E-state index contributed by atoms with van der Waals surface area (Å²) in [7, 11) is 0. The molecule has 0 aliphatic rings. The molecule has 0 spiro atoms. The van der Waals surface area contributed by atoms with E-state index in [2.05, 4.69) is 44.1 Å². The van der Waals surface area contributed by atoms with Crippen LogP contribution in [0.2, 0.25) is 0 Å². The number of ether oxygens (including phenoxy) is 1. The van der Waals surface area contributed by atoms with Gasteiger partial charge in [-0.3, -0.25) is 0 Å². The Morgan fingerprint density at radius 1 is 1.33 bits per heavy atom. The summed E-state index contributed by atoms with van der Waals surface area (Å²) in [6.07, 6.45) is 6.43. The summed E-state index contributed by atoms with van der Waals surface area (Å²) in [6, 6.07) is 8.27. The van der Waals surface area contributed by atoms with Gasteiger partial charge >= 0.3 is 0 Å². The molecule has 0 aromatic heterocycles. The van der Waals surface area contributed by atoms with Crippen LogP contribution in [-0.4, -0.2) is 19.2 Å². The van der Waals surface area contributed by atoms with Crippen LogP contribution in [0.3, 0.4) is 0 Å². The Balaban J connectivity index is 2.63. The second kappa shape index (κ2) is 7.79. The van der Waals surface area contributed by atoms with Gasteiger partial charge in [-0.05, 0) is 30.9 Å². The van der Waals surface area contributed by atoms with Gasteiger partial charge in [-0.1, -0.05) is 38.0 Å². The van der Waals surface area contributed by atoms with Gasteiger partial charge in [0, 0.05) is 6.54 Å². The largest absolute Gasteiger partial charge is 0.489 e. The molecule has 0 aliphatic carbocycles. The molecule has 2 heteroatoms. The molecular formula is C16H23NO. The van der Waals surface area contributed by atoms with Crippen molar-refractivity contribution in [1.29, 1.82) is 0 Å². The van der Waals surface area contributed by atoms with E-state index >= 15 is 0 Å². The number of nitrogens with one attached hydrogen (secondary N) is 1. The van der Waals surface area contributed by atoms with Crippen LogP contribution in [0.1, 0.15) is 38.7 Å². The van der Waals surface area contributed by atoms with E-state index in [4.69, 9.17) is 11.2 Å². The minimum atomic E-state index is 0.114. The third-order valence-corrected chi connectivity index (χ3v) is 3.05. The van der Waals surface area contributed by atoms with Crippen LogP contribution < -0.4 is 10.1 Å². The highest BCUT2D eigenvalue weighted by Gasteiger charge is 2.11. The fourth-order valence-corrected chi connectivity index (χ4v) is 1.82. The van der Waals surface area contributed by atoms with Crippen molar-refractivity contribution in [3.8, 4) is 18.1 Å². The lowest BCUT2D eigenvalue weighted by Crippen LogP contribution is -2.29. The molecule has 0 aliphatic heterocycles. The van der Waals surface area contributed by atoms with E-state index in [1.54, 1.807) is 0 Å². The fraction of sp³-hybridized carbons (Fsp3) is 0.500. The normalized spacial score (nSPS) is 13.7. The van der Waals surface area contributed by atoms with Crippen molar-refractivity contribution in [3.05, 3.63) is 29.8 Å². The Hall–Kier alpha value is -1.46. The Morgan fingerprint density at radius 2 is 2.06 bits per heavy atom. The Morgan fingerprint density at radius 3 is 2.72 bits per heavy atom. The van der Waals surface area contributed by atoms with Crippen LogP contribution in [0.4, 0.5) is 0 Å². The molecule has 0 fully saturated rings. The van der Waals surface area contributed by atoms with Gasteiger partial charge in [0.2, 0.25) is 0 Å². The molecule has 0 bridgehead atoms. The second-order valence-corrected chi connectivity index (χ2v) is 4.61. The van der Waals surface area contributed by atoms with Crippen molar-refractivity contribution in [2.45, 2.75) is 39.2 Å². The zero-order valence-corrected chi connectivity index (χ0v) is 11.6. The molecule has 2 nitrogen and oxygen atoms in total. The van der Waals surface area contributed by atoms with Gasteiger partial charge < -0.3 is 10.1 Å². The zero-order chi connectivity index (χ0) is 13.4. The average molecular weight is 245 g/mol. The Kier molecular flexibility index (Phi) is 6.32. The first-order valence-electron chi connectivity index (χ1n) is 6.58. The lowest BCUT2D eigenvalue weighted by molar-refractivity contribution is 0.216. The van der Waals surface area contributed by atoms with Crippen LogP contribution in [0, 0.1) is 12.3 Å². The third-order valence-electron chi connectivity index (χ3n) is 3.05. The number of hydrogen-bond donors (Lipinski definition) is 1. The molecule has 0 heterocycles. The maximum absolute atomic E-state index is 5.98. The standard InChI is InChI=1S/C16H23NO/c1-5-11-17-12-14(4)18-16-10-8-7-9-15(16)13(3)6-2/h1,7-10,13-14,17H,6,11-12H2,2-4H3. The van der Waals surface area contributed by atoms with Gasteiger partial charge in [-0.25, -0.2) is 0 Å². The van der Waals surface area contributed by atoms with Gasteiger partial charge in [0.25, 0.3) is 0 Å². The summed E-state index contributed by atoms with van der Waals surface area (Å²) in [6.45, 7) is 7.82. The van der Waals surface area contributed by atoms with Crippen molar-refractivity contribution in [1.82, 2.24) is 5.32 Å². The van der Waals surface area contributed by atoms with Gasteiger partial charge in [0.05, 0.1) is 6.54 Å². The van der Waals surface area contributed by atoms with E-state index < -0.39 is 0 Å². The third kappa shape index (κ3) is 4.43. The number of terminal acetylenes is 1. The monoisotopic (exact) mass is 245 g/mol. The SMILES string of the molecule is C#CCNCC(C)Oc1ccccc1C(C)CC. The van der Waals surface area contributed by atoms with Crippen molar-refractivity contribution < 1.29 is 4.74 Å². The first-order chi connectivity index (χ1) is 8.69. The van der Waals surface area contributed by atoms with Crippen molar-refractivity contribution in [2.75, 3.05) is 13.1 Å². The average Bonchev–Trinajstić information content (AvgIpc) is 2.39. The lowest BCUT2D eigenvalue weighted by Gasteiger charge is -2.20. The molecule has 1 rings (SSSR count). The zero-order valence-electron chi connectivity index (χ0n) is 11.6. The molecule has 98 valence electrons. The number of benzene rings is 1. The van der Waals surface area contributed by atoms with E-state index in [-0.39, 0.29) is 6.10 Å². The van der Waals surface area contributed by atoms with Crippen LogP contribution in [-0.2, 0) is 0 Å². The molecular weight excluding hydrogens is 222 g/mol. The molecule has 0 radical (unpaired) electrons. The highest BCUT2D eigenvalue weighted by Crippen LogP contribution is 2.28. The molecule has 1 N–H and O–H groups in total. The van der Waals surface area contributed by atoms with E-state index in [1.165, 1.54) is 5.56 Å². The highest BCUT2D eigenvalue weighted by molar-refractivity contribution is 5.36. The minimum absolute atomic E-state index is 0.114. The first-order valence-corrected chi connectivity index (χ1v) is 6.58. The highest BCUT2D eigenvalue weighted by atomic mass is 16.5. The molecule has 2 atom stereocenters. The Bertz CT molecular complexity index is 394. The van der Waals surface area contributed by atoms with Gasteiger partial charge in [0.15, 0.2) is 0 Å². The summed E-state index contributed by atoms with van der Waals surface area (Å²) in [4.78, 5) is 0. The second-order valence-electron chi connectivity index (χ2n) is 4.61. The van der Waals surface area contributed by atoms with E-state index in [0.717, 1.165) is 18.7 Å². The summed E-state index contributed by atoms with van der Waals surface area (Å²) >= 11 is 0.